The highest BCUT2D eigenvalue weighted by Crippen LogP contribution is 2.46. The van der Waals surface area contributed by atoms with Gasteiger partial charge in [0.05, 0.1) is 5.41 Å². The summed E-state index contributed by atoms with van der Waals surface area (Å²) < 4.78 is 10.9. The molecule has 1 aromatic rings. The molecular weight excluding hydrogens is 324 g/mol. The van der Waals surface area contributed by atoms with Crippen LogP contribution in [0.5, 0.6) is 11.5 Å². The van der Waals surface area contributed by atoms with Crippen molar-refractivity contribution in [3.63, 3.8) is 0 Å². The fourth-order valence-electron chi connectivity index (χ4n) is 3.93. The van der Waals surface area contributed by atoms with Gasteiger partial charge in [0.25, 0.3) is 0 Å². The van der Waals surface area contributed by atoms with Gasteiger partial charge >= 0.3 is 0 Å². The quantitative estimate of drug-likeness (QED) is 0.844. The molecule has 7 nitrogen and oxygen atoms in total. The van der Waals surface area contributed by atoms with Crippen molar-refractivity contribution in [3.05, 3.63) is 18.2 Å². The van der Waals surface area contributed by atoms with Crippen molar-refractivity contribution in [2.75, 3.05) is 25.1 Å². The fourth-order valence-corrected chi connectivity index (χ4v) is 3.93. The summed E-state index contributed by atoms with van der Waals surface area (Å²) >= 11 is 0. The summed E-state index contributed by atoms with van der Waals surface area (Å²) in [5.41, 5.74) is -0.00196. The average molecular weight is 344 g/mol. The molecule has 0 unspecified atom stereocenters. The first-order valence-corrected chi connectivity index (χ1v) is 8.62. The average Bonchev–Trinajstić information content (AvgIpc) is 3.16. The van der Waals surface area contributed by atoms with E-state index in [-0.39, 0.29) is 24.8 Å². The number of carbonyl (C=O) groups is 3. The number of rotatable bonds is 3. The van der Waals surface area contributed by atoms with Crippen LogP contribution in [-0.4, -0.2) is 42.4 Å². The van der Waals surface area contributed by atoms with Gasteiger partial charge in [-0.15, -0.1) is 0 Å². The predicted octanol–water partition coefficient (Wildman–Crippen LogP) is 1.72. The first kappa shape index (κ1) is 15.9. The number of amides is 3. The summed E-state index contributed by atoms with van der Waals surface area (Å²) in [5, 5.41) is 2.72. The molecule has 2 aliphatic heterocycles. The van der Waals surface area contributed by atoms with E-state index in [0.717, 1.165) is 30.6 Å². The van der Waals surface area contributed by atoms with Gasteiger partial charge in [-0.25, -0.2) is 0 Å². The molecule has 2 heterocycles. The molecule has 4 rings (SSSR count). The normalized spacial score (nSPS) is 21.0. The van der Waals surface area contributed by atoms with Gasteiger partial charge in [-0.3, -0.25) is 19.3 Å². The Bertz CT molecular complexity index is 739. The molecule has 1 N–H and O–H groups in total. The van der Waals surface area contributed by atoms with Gasteiger partial charge < -0.3 is 14.8 Å². The Balaban J connectivity index is 1.42. The number of benzene rings is 1. The number of likely N-dealkylation sites (tertiary alicyclic amines) is 1. The number of anilines is 1. The molecule has 132 valence electrons. The summed E-state index contributed by atoms with van der Waals surface area (Å²) in [4.78, 5) is 38.2. The lowest BCUT2D eigenvalue weighted by atomic mass is 9.84. The van der Waals surface area contributed by atoms with E-state index < -0.39 is 11.3 Å². The Labute approximate surface area is 145 Å². The Morgan fingerprint density at radius 3 is 2.60 bits per heavy atom. The largest absolute Gasteiger partial charge is 0.486 e. The Kier molecular flexibility index (Phi) is 3.86. The number of nitrogens with zero attached hydrogens (tertiary/aromatic N) is 1. The Morgan fingerprint density at radius 1 is 1.12 bits per heavy atom. The molecule has 25 heavy (non-hydrogen) atoms. The third-order valence-electron chi connectivity index (χ3n) is 5.18. The van der Waals surface area contributed by atoms with Crippen molar-refractivity contribution in [1.29, 1.82) is 0 Å². The molecule has 0 radical (unpaired) electrons. The van der Waals surface area contributed by atoms with E-state index in [9.17, 15) is 14.4 Å². The SMILES string of the molecule is O=C(CN1C(=O)CC2(CCCC2)C1=O)Nc1ccc2c(c1)OCCO2. The molecule has 0 bridgehead atoms. The van der Waals surface area contributed by atoms with Gasteiger partial charge in [0.1, 0.15) is 19.8 Å². The number of hydrogen-bond acceptors (Lipinski definition) is 5. The van der Waals surface area contributed by atoms with Crippen LogP contribution >= 0.6 is 0 Å². The second-order valence-electron chi connectivity index (χ2n) is 6.86. The van der Waals surface area contributed by atoms with E-state index in [4.69, 9.17) is 9.47 Å². The van der Waals surface area contributed by atoms with Crippen LogP contribution in [-0.2, 0) is 14.4 Å². The van der Waals surface area contributed by atoms with Crippen molar-refractivity contribution in [2.24, 2.45) is 5.41 Å². The summed E-state index contributed by atoms with van der Waals surface area (Å²) in [7, 11) is 0. The van der Waals surface area contributed by atoms with E-state index in [0.29, 0.717) is 30.4 Å². The lowest BCUT2D eigenvalue weighted by Gasteiger charge is -2.21. The van der Waals surface area contributed by atoms with E-state index >= 15 is 0 Å². The smallest absolute Gasteiger partial charge is 0.244 e. The predicted molar refractivity (Wildman–Crippen MR) is 88.3 cm³/mol. The lowest BCUT2D eigenvalue weighted by molar-refractivity contribution is -0.143. The van der Waals surface area contributed by atoms with Gasteiger partial charge in [0.15, 0.2) is 11.5 Å². The Morgan fingerprint density at radius 2 is 1.84 bits per heavy atom. The van der Waals surface area contributed by atoms with E-state index in [1.807, 2.05) is 0 Å². The zero-order chi connectivity index (χ0) is 17.4. The van der Waals surface area contributed by atoms with Crippen LogP contribution in [0.3, 0.4) is 0 Å². The maximum absolute atomic E-state index is 12.6. The number of carbonyl (C=O) groups excluding carboxylic acids is 3. The van der Waals surface area contributed by atoms with Crippen LogP contribution in [0.1, 0.15) is 32.1 Å². The maximum Gasteiger partial charge on any atom is 0.244 e. The van der Waals surface area contributed by atoms with Gasteiger partial charge in [-0.1, -0.05) is 12.8 Å². The highest BCUT2D eigenvalue weighted by Gasteiger charge is 2.52. The van der Waals surface area contributed by atoms with Crippen molar-refractivity contribution in [3.8, 4) is 11.5 Å². The highest BCUT2D eigenvalue weighted by molar-refractivity contribution is 6.09. The molecule has 0 aromatic heterocycles. The van der Waals surface area contributed by atoms with Gasteiger partial charge in [-0.2, -0.15) is 0 Å². The number of fused-ring (bicyclic) bond motifs is 1. The molecule has 1 saturated carbocycles. The van der Waals surface area contributed by atoms with Crippen LogP contribution in [0, 0.1) is 5.41 Å². The molecule has 3 aliphatic rings. The maximum atomic E-state index is 12.6. The zero-order valence-electron chi connectivity index (χ0n) is 13.9. The summed E-state index contributed by atoms with van der Waals surface area (Å²) in [6.07, 6.45) is 3.67. The fraction of sp³-hybridized carbons (Fsp3) is 0.500. The zero-order valence-corrected chi connectivity index (χ0v) is 13.9. The minimum absolute atomic E-state index is 0.188. The third-order valence-corrected chi connectivity index (χ3v) is 5.18. The molecule has 7 heteroatoms. The first-order chi connectivity index (χ1) is 12.1. The third kappa shape index (κ3) is 2.83. The van der Waals surface area contributed by atoms with Crippen LogP contribution in [0.25, 0.3) is 0 Å². The second-order valence-corrected chi connectivity index (χ2v) is 6.86. The lowest BCUT2D eigenvalue weighted by Crippen LogP contribution is -2.39. The molecule has 1 saturated heterocycles. The number of ether oxygens (including phenoxy) is 2. The minimum Gasteiger partial charge on any atom is -0.486 e. The van der Waals surface area contributed by atoms with Crippen LogP contribution in [0.4, 0.5) is 5.69 Å². The van der Waals surface area contributed by atoms with Crippen molar-refractivity contribution in [2.45, 2.75) is 32.1 Å². The van der Waals surface area contributed by atoms with Gasteiger partial charge in [0.2, 0.25) is 17.7 Å². The molecule has 0 atom stereocenters. The van der Waals surface area contributed by atoms with E-state index in [1.165, 1.54) is 0 Å². The molecule has 1 aliphatic carbocycles. The number of imide groups is 1. The first-order valence-electron chi connectivity index (χ1n) is 8.62. The van der Waals surface area contributed by atoms with Crippen LogP contribution in [0.15, 0.2) is 18.2 Å². The number of hydrogen-bond donors (Lipinski definition) is 1. The van der Waals surface area contributed by atoms with Gasteiger partial charge in [0, 0.05) is 18.2 Å². The van der Waals surface area contributed by atoms with Gasteiger partial charge in [-0.05, 0) is 25.0 Å². The minimum atomic E-state index is -0.547. The van der Waals surface area contributed by atoms with Crippen LogP contribution < -0.4 is 14.8 Å². The molecule has 1 spiro atoms. The highest BCUT2D eigenvalue weighted by atomic mass is 16.6. The summed E-state index contributed by atoms with van der Waals surface area (Å²) in [6, 6.07) is 5.11. The molecule has 1 aromatic carbocycles. The summed E-state index contributed by atoms with van der Waals surface area (Å²) in [6.45, 7) is 0.719. The molecule has 3 amide bonds. The molecular formula is C18H20N2O5. The van der Waals surface area contributed by atoms with Crippen LogP contribution in [0.2, 0.25) is 0 Å². The van der Waals surface area contributed by atoms with E-state index in [1.54, 1.807) is 18.2 Å². The van der Waals surface area contributed by atoms with E-state index in [2.05, 4.69) is 5.32 Å². The van der Waals surface area contributed by atoms with Crippen molar-refractivity contribution < 1.29 is 23.9 Å². The Hall–Kier alpha value is -2.57. The number of nitrogens with one attached hydrogen (secondary N) is 1. The summed E-state index contributed by atoms with van der Waals surface area (Å²) in [5.74, 6) is 0.379. The van der Waals surface area contributed by atoms with Crippen molar-refractivity contribution in [1.82, 2.24) is 4.90 Å². The monoisotopic (exact) mass is 344 g/mol. The van der Waals surface area contributed by atoms with Crippen molar-refractivity contribution >= 4 is 23.4 Å². The molecule has 2 fully saturated rings. The standard InChI is InChI=1S/C18H20N2O5/c21-15(19-12-3-4-13-14(9-12)25-8-7-24-13)11-20-16(22)10-18(17(20)23)5-1-2-6-18/h3-4,9H,1-2,5-8,10-11H2,(H,19,21). The second kappa shape index (κ2) is 6.06. The topological polar surface area (TPSA) is 84.9 Å².